The number of nitrogens with one attached hydrogen (secondary N) is 1. The van der Waals surface area contributed by atoms with E-state index in [2.05, 4.69) is 4.98 Å². The van der Waals surface area contributed by atoms with E-state index in [1.54, 1.807) is 30.3 Å². The molecule has 0 amide bonds. The highest BCUT2D eigenvalue weighted by Gasteiger charge is 2.06. The lowest BCUT2D eigenvalue weighted by atomic mass is 10.3. The molecule has 2 rings (SSSR count). The third kappa shape index (κ3) is 1.54. The van der Waals surface area contributed by atoms with E-state index < -0.39 is 17.0 Å². The maximum absolute atomic E-state index is 11.5. The molecular formula is C10H8N2O3. The van der Waals surface area contributed by atoms with Crippen molar-refractivity contribution in [1.82, 2.24) is 9.55 Å². The van der Waals surface area contributed by atoms with Crippen LogP contribution < -0.4 is 11.2 Å². The first kappa shape index (κ1) is 9.26. The van der Waals surface area contributed by atoms with Gasteiger partial charge in [0, 0.05) is 0 Å². The number of rotatable bonds is 1. The summed E-state index contributed by atoms with van der Waals surface area (Å²) in [6, 6.07) is 8.38. The van der Waals surface area contributed by atoms with Crippen molar-refractivity contribution in [3.63, 3.8) is 0 Å². The summed E-state index contributed by atoms with van der Waals surface area (Å²) >= 11 is 0. The Bertz CT molecular complexity index is 584. The molecule has 0 aliphatic heterocycles. The lowest BCUT2D eigenvalue weighted by Crippen LogP contribution is -2.32. The van der Waals surface area contributed by atoms with E-state index in [9.17, 15) is 14.7 Å². The van der Waals surface area contributed by atoms with Crippen LogP contribution >= 0.6 is 0 Å². The summed E-state index contributed by atoms with van der Waals surface area (Å²) < 4.78 is 0.870. The summed E-state index contributed by atoms with van der Waals surface area (Å²) in [6.07, 6.45) is 0.976. The van der Waals surface area contributed by atoms with E-state index in [0.29, 0.717) is 5.69 Å². The molecule has 0 aliphatic rings. The lowest BCUT2D eigenvalue weighted by Gasteiger charge is -2.03. The zero-order valence-corrected chi connectivity index (χ0v) is 7.68. The molecule has 76 valence electrons. The normalized spacial score (nSPS) is 10.1. The molecule has 2 N–H and O–H groups in total. The minimum atomic E-state index is -0.732. The van der Waals surface area contributed by atoms with Crippen LogP contribution in [0.2, 0.25) is 0 Å². The molecule has 2 aromatic rings. The molecule has 1 heterocycles. The van der Waals surface area contributed by atoms with E-state index in [-0.39, 0.29) is 0 Å². The summed E-state index contributed by atoms with van der Waals surface area (Å²) in [7, 11) is 0. The second kappa shape index (κ2) is 3.45. The average molecular weight is 204 g/mol. The maximum Gasteiger partial charge on any atom is 0.333 e. The van der Waals surface area contributed by atoms with Crippen molar-refractivity contribution in [3.05, 3.63) is 57.4 Å². The van der Waals surface area contributed by atoms with Crippen LogP contribution in [0, 0.1) is 0 Å². The number of nitrogens with zero attached hydrogens (tertiary/aromatic N) is 1. The summed E-state index contributed by atoms with van der Waals surface area (Å²) in [5, 5.41) is 9.18. The minimum absolute atomic E-state index is 0.416. The first-order valence-corrected chi connectivity index (χ1v) is 4.29. The number of hydrogen-bond acceptors (Lipinski definition) is 3. The number of aromatic amines is 1. The number of hydrogen-bond donors (Lipinski definition) is 2. The van der Waals surface area contributed by atoms with Gasteiger partial charge in [-0.05, 0) is 12.1 Å². The van der Waals surface area contributed by atoms with Crippen LogP contribution in [0.4, 0.5) is 0 Å². The van der Waals surface area contributed by atoms with Crippen molar-refractivity contribution in [2.45, 2.75) is 0 Å². The molecule has 0 unspecified atom stereocenters. The molecule has 0 aliphatic carbocycles. The first-order chi connectivity index (χ1) is 7.20. The molecule has 0 atom stereocenters. The molecule has 0 radical (unpaired) electrons. The Morgan fingerprint density at radius 2 is 1.80 bits per heavy atom. The molecule has 0 saturated carbocycles. The summed E-state index contributed by atoms with van der Waals surface area (Å²) in [5.74, 6) is -0.488. The van der Waals surface area contributed by atoms with E-state index >= 15 is 0 Å². The van der Waals surface area contributed by atoms with Gasteiger partial charge in [0.15, 0.2) is 5.75 Å². The summed E-state index contributed by atoms with van der Waals surface area (Å²) in [5.41, 5.74) is -0.895. The smallest absolute Gasteiger partial charge is 0.333 e. The van der Waals surface area contributed by atoms with Crippen LogP contribution in [0.25, 0.3) is 5.69 Å². The van der Waals surface area contributed by atoms with E-state index in [1.807, 2.05) is 0 Å². The topological polar surface area (TPSA) is 75.1 Å². The fraction of sp³-hybridized carbons (Fsp3) is 0. The highest BCUT2D eigenvalue weighted by Crippen LogP contribution is 2.02. The number of H-pyrrole nitrogens is 1. The second-order valence-corrected chi connectivity index (χ2v) is 2.96. The molecule has 0 fully saturated rings. The van der Waals surface area contributed by atoms with Crippen molar-refractivity contribution < 1.29 is 5.11 Å². The Labute approximate surface area is 84.3 Å². The van der Waals surface area contributed by atoms with E-state index in [1.165, 1.54) is 0 Å². The van der Waals surface area contributed by atoms with Crippen LogP contribution in [-0.4, -0.2) is 14.7 Å². The standard InChI is InChI=1S/C10H8N2O3/c13-8-6-11-10(15)12(9(8)14)7-4-2-1-3-5-7/h1-6,13H,(H,11,15). The fourth-order valence-corrected chi connectivity index (χ4v) is 1.27. The van der Waals surface area contributed by atoms with Crippen LogP contribution in [-0.2, 0) is 0 Å². The first-order valence-electron chi connectivity index (χ1n) is 4.29. The molecule has 5 heteroatoms. The predicted molar refractivity (Wildman–Crippen MR) is 54.3 cm³/mol. The van der Waals surface area contributed by atoms with E-state index in [0.717, 1.165) is 10.8 Å². The minimum Gasteiger partial charge on any atom is -0.502 e. The van der Waals surface area contributed by atoms with Gasteiger partial charge in [-0.2, -0.15) is 0 Å². The molecule has 5 nitrogen and oxygen atoms in total. The SMILES string of the molecule is O=c1[nH]cc(O)c(=O)n1-c1ccccc1. The zero-order chi connectivity index (χ0) is 10.8. The molecule has 0 bridgehead atoms. The molecular weight excluding hydrogens is 196 g/mol. The number of aromatic hydroxyl groups is 1. The van der Waals surface area contributed by atoms with Crippen molar-refractivity contribution in [1.29, 1.82) is 0 Å². The van der Waals surface area contributed by atoms with Gasteiger partial charge in [-0.25, -0.2) is 9.36 Å². The number of para-hydroxylation sites is 1. The summed E-state index contributed by atoms with van der Waals surface area (Å²) in [4.78, 5) is 25.1. The molecule has 0 spiro atoms. The van der Waals surface area contributed by atoms with Gasteiger partial charge in [0.1, 0.15) is 0 Å². The Morgan fingerprint density at radius 3 is 2.47 bits per heavy atom. The van der Waals surface area contributed by atoms with Gasteiger partial charge in [0.05, 0.1) is 11.9 Å². The highest BCUT2D eigenvalue weighted by molar-refractivity contribution is 5.32. The van der Waals surface area contributed by atoms with Gasteiger partial charge in [-0.15, -0.1) is 0 Å². The fourth-order valence-electron chi connectivity index (χ4n) is 1.27. The molecule has 1 aromatic carbocycles. The Morgan fingerprint density at radius 1 is 1.13 bits per heavy atom. The van der Waals surface area contributed by atoms with Crippen molar-refractivity contribution >= 4 is 0 Å². The molecule has 1 aromatic heterocycles. The monoisotopic (exact) mass is 204 g/mol. The summed E-state index contributed by atoms with van der Waals surface area (Å²) in [6.45, 7) is 0. The van der Waals surface area contributed by atoms with Crippen LogP contribution in [0.1, 0.15) is 0 Å². The highest BCUT2D eigenvalue weighted by atomic mass is 16.3. The van der Waals surface area contributed by atoms with Crippen molar-refractivity contribution in [2.24, 2.45) is 0 Å². The average Bonchev–Trinajstić information content (AvgIpc) is 2.26. The predicted octanol–water partition coefficient (Wildman–Crippen LogP) is 0.231. The second-order valence-electron chi connectivity index (χ2n) is 2.96. The third-order valence-electron chi connectivity index (χ3n) is 1.97. The lowest BCUT2D eigenvalue weighted by molar-refractivity contribution is 0.458. The van der Waals surface area contributed by atoms with Gasteiger partial charge in [0.25, 0.3) is 0 Å². The van der Waals surface area contributed by atoms with Gasteiger partial charge < -0.3 is 10.1 Å². The molecule has 0 saturated heterocycles. The van der Waals surface area contributed by atoms with Crippen LogP contribution in [0.15, 0.2) is 46.1 Å². The van der Waals surface area contributed by atoms with Crippen molar-refractivity contribution in [3.8, 4) is 11.4 Å². The largest absolute Gasteiger partial charge is 0.502 e. The van der Waals surface area contributed by atoms with E-state index in [4.69, 9.17) is 0 Å². The molecule has 15 heavy (non-hydrogen) atoms. The Kier molecular flexibility index (Phi) is 2.13. The number of benzene rings is 1. The Balaban J connectivity index is 2.80. The third-order valence-corrected chi connectivity index (χ3v) is 1.97. The Hall–Kier alpha value is -2.30. The van der Waals surface area contributed by atoms with Crippen LogP contribution in [0.3, 0.4) is 0 Å². The van der Waals surface area contributed by atoms with Crippen LogP contribution in [0.5, 0.6) is 5.75 Å². The van der Waals surface area contributed by atoms with Gasteiger partial charge in [-0.1, -0.05) is 18.2 Å². The quantitative estimate of drug-likeness (QED) is 0.698. The van der Waals surface area contributed by atoms with Gasteiger partial charge >= 0.3 is 11.2 Å². The zero-order valence-electron chi connectivity index (χ0n) is 7.68. The number of aromatic nitrogens is 2. The van der Waals surface area contributed by atoms with Crippen molar-refractivity contribution in [2.75, 3.05) is 0 Å². The van der Waals surface area contributed by atoms with Gasteiger partial charge in [0.2, 0.25) is 0 Å². The van der Waals surface area contributed by atoms with Gasteiger partial charge in [-0.3, -0.25) is 4.79 Å². The maximum atomic E-state index is 11.5.